The molecule has 1 saturated heterocycles. The van der Waals surface area contributed by atoms with Gasteiger partial charge in [-0.2, -0.15) is 9.03 Å². The van der Waals surface area contributed by atoms with E-state index in [0.29, 0.717) is 24.2 Å². The number of aromatic nitrogens is 2. The van der Waals surface area contributed by atoms with Crippen LogP contribution in [0.15, 0.2) is 49.3 Å². The lowest BCUT2D eigenvalue weighted by Crippen LogP contribution is -2.36. The Bertz CT molecular complexity index is 1610. The highest BCUT2D eigenvalue weighted by Gasteiger charge is 2.35. The third kappa shape index (κ3) is 5.46. The number of nitrogens with one attached hydrogen (secondary N) is 2. The van der Waals surface area contributed by atoms with Crippen LogP contribution in [0, 0.1) is 26.6 Å². The fourth-order valence-corrected chi connectivity index (χ4v) is 7.91. The summed E-state index contributed by atoms with van der Waals surface area (Å²) in [5, 5.41) is 5.91. The van der Waals surface area contributed by atoms with Crippen molar-refractivity contribution in [3.63, 3.8) is 0 Å². The van der Waals surface area contributed by atoms with Crippen LogP contribution in [-0.4, -0.2) is 44.4 Å². The first-order valence-electron chi connectivity index (χ1n) is 12.3. The molecule has 3 aromatic rings. The second kappa shape index (κ2) is 10.7. The summed E-state index contributed by atoms with van der Waals surface area (Å²) in [5.74, 6) is -2.58. The summed E-state index contributed by atoms with van der Waals surface area (Å²) >= 11 is 0. The van der Waals surface area contributed by atoms with Crippen LogP contribution in [0.5, 0.6) is 0 Å². The Labute approximate surface area is 221 Å². The van der Waals surface area contributed by atoms with Crippen molar-refractivity contribution in [2.24, 2.45) is 0 Å². The number of nitrogens with zero attached hydrogens (tertiary/aromatic N) is 2. The Morgan fingerprint density at radius 3 is 2.32 bits per heavy atom. The fraction of sp³-hybridized carbons (Fsp3) is 0.440. The second-order valence-corrected chi connectivity index (χ2v) is 13.3. The molecule has 0 saturated carbocycles. The van der Waals surface area contributed by atoms with Gasteiger partial charge in [-0.3, -0.25) is 0 Å². The van der Waals surface area contributed by atoms with Crippen LogP contribution < -0.4 is 10.5 Å². The lowest BCUT2D eigenvalue weighted by atomic mass is 9.88. The maximum absolute atomic E-state index is 15.0. The molecule has 1 aliphatic heterocycles. The van der Waals surface area contributed by atoms with Crippen LogP contribution in [0.3, 0.4) is 0 Å². The summed E-state index contributed by atoms with van der Waals surface area (Å²) in [6.07, 6.45) is 2.41. The topological polar surface area (TPSA) is 142 Å². The van der Waals surface area contributed by atoms with Crippen LogP contribution >= 0.6 is 0 Å². The van der Waals surface area contributed by atoms with Gasteiger partial charge in [-0.05, 0) is 74.1 Å². The molecule has 13 heteroatoms. The Morgan fingerprint density at radius 1 is 1.03 bits per heavy atom. The summed E-state index contributed by atoms with van der Waals surface area (Å²) in [4.78, 5) is 11.3. The van der Waals surface area contributed by atoms with E-state index in [1.54, 1.807) is 33.8 Å². The monoisotopic (exact) mass is 566 g/mol. The van der Waals surface area contributed by atoms with Gasteiger partial charge in [-0.25, -0.2) is 31.1 Å². The number of hydrogen-bond donors (Lipinski definition) is 2. The first kappa shape index (κ1) is 28.1. The highest BCUT2D eigenvalue weighted by atomic mass is 32.2. The Morgan fingerprint density at radius 2 is 1.68 bits per heavy atom. The van der Waals surface area contributed by atoms with Gasteiger partial charge in [0.15, 0.2) is 0 Å². The Balaban J connectivity index is 1.76. The number of benzene rings is 2. The number of piperidine rings is 1. The minimum Gasteiger partial charge on any atom is -0.391 e. The van der Waals surface area contributed by atoms with Gasteiger partial charge >= 0.3 is 5.76 Å². The molecular weight excluding hydrogens is 535 g/mol. The predicted octanol–water partition coefficient (Wildman–Crippen LogP) is 3.43. The van der Waals surface area contributed by atoms with Crippen molar-refractivity contribution in [3.8, 4) is 0 Å². The highest BCUT2D eigenvalue weighted by Crippen LogP contribution is 2.35. The summed E-state index contributed by atoms with van der Waals surface area (Å²) in [7, 11) is -8.30. The minimum atomic E-state index is -4.39. The average molecular weight is 567 g/mol. The first-order valence-corrected chi connectivity index (χ1v) is 15.2. The molecule has 2 heterocycles. The molecule has 0 amide bonds. The van der Waals surface area contributed by atoms with Crippen molar-refractivity contribution in [2.75, 3.05) is 13.1 Å². The van der Waals surface area contributed by atoms with Crippen LogP contribution in [-0.2, 0) is 20.0 Å². The van der Waals surface area contributed by atoms with E-state index in [-0.39, 0.29) is 21.2 Å². The third-order valence-corrected chi connectivity index (χ3v) is 10.6. The van der Waals surface area contributed by atoms with Gasteiger partial charge < -0.3 is 4.42 Å². The number of sulfonamides is 2. The molecule has 2 N–H and O–H groups in total. The van der Waals surface area contributed by atoms with Crippen LogP contribution in [0.1, 0.15) is 66.3 Å². The third-order valence-electron chi connectivity index (χ3n) is 7.09. The van der Waals surface area contributed by atoms with Gasteiger partial charge in [0.1, 0.15) is 11.9 Å². The molecule has 2 unspecified atom stereocenters. The number of aryl methyl sites for hydroxylation is 2. The zero-order chi connectivity index (χ0) is 27.8. The molecule has 10 nitrogen and oxygen atoms in total. The van der Waals surface area contributed by atoms with Crippen LogP contribution in [0.2, 0.25) is 0 Å². The van der Waals surface area contributed by atoms with Crippen molar-refractivity contribution < 1.29 is 25.6 Å². The molecule has 0 aliphatic carbocycles. The van der Waals surface area contributed by atoms with Gasteiger partial charge in [-0.15, -0.1) is 5.10 Å². The number of rotatable bonds is 8. The van der Waals surface area contributed by atoms with Gasteiger partial charge in [-0.1, -0.05) is 25.5 Å². The molecule has 1 aliphatic rings. The van der Waals surface area contributed by atoms with E-state index in [2.05, 4.69) is 14.9 Å². The van der Waals surface area contributed by atoms with Gasteiger partial charge in [0.05, 0.1) is 9.79 Å². The minimum absolute atomic E-state index is 0.0984. The highest BCUT2D eigenvalue weighted by molar-refractivity contribution is 7.90. The van der Waals surface area contributed by atoms with Gasteiger partial charge in [0, 0.05) is 19.0 Å². The lowest BCUT2D eigenvalue weighted by Gasteiger charge is -2.27. The Kier molecular flexibility index (Phi) is 7.94. The van der Waals surface area contributed by atoms with E-state index in [0.717, 1.165) is 30.9 Å². The van der Waals surface area contributed by atoms with Crippen molar-refractivity contribution in [3.05, 3.63) is 74.8 Å². The zero-order valence-corrected chi connectivity index (χ0v) is 23.2. The van der Waals surface area contributed by atoms with Gasteiger partial charge in [0.25, 0.3) is 0 Å². The molecule has 4 rings (SSSR count). The van der Waals surface area contributed by atoms with Crippen LogP contribution in [0.4, 0.5) is 4.39 Å². The van der Waals surface area contributed by atoms with Gasteiger partial charge in [0.2, 0.25) is 25.9 Å². The molecule has 1 fully saturated rings. The van der Waals surface area contributed by atoms with Crippen molar-refractivity contribution in [1.29, 1.82) is 0 Å². The number of aromatic amines is 1. The van der Waals surface area contributed by atoms with Crippen LogP contribution in [0.25, 0.3) is 0 Å². The number of H-pyrrole nitrogens is 1. The average Bonchev–Trinajstić information content (AvgIpc) is 3.31. The van der Waals surface area contributed by atoms with E-state index in [4.69, 9.17) is 4.42 Å². The smallest absolute Gasteiger partial charge is 0.391 e. The predicted molar refractivity (Wildman–Crippen MR) is 138 cm³/mol. The molecule has 0 radical (unpaired) electrons. The number of hydrogen-bond acceptors (Lipinski definition) is 7. The Hall–Kier alpha value is -2.87. The molecule has 0 spiro atoms. The van der Waals surface area contributed by atoms with Crippen molar-refractivity contribution >= 4 is 20.0 Å². The fourth-order valence-electron chi connectivity index (χ4n) is 4.78. The largest absolute Gasteiger partial charge is 0.434 e. The molecular formula is C25H31FN4O6S2. The SMILES string of the molecule is Cc1ccc(S(=O)(=O)NC(c2n[nH]c(=O)o2)C(C)c2c(F)ccc(C)c2C)cc1S(=O)(=O)N1CCCCC1. The molecule has 1 aromatic heterocycles. The van der Waals surface area contributed by atoms with E-state index in [1.165, 1.54) is 22.5 Å². The molecule has 0 bridgehead atoms. The van der Waals surface area contributed by atoms with E-state index in [1.807, 2.05) is 0 Å². The van der Waals surface area contributed by atoms with E-state index < -0.39 is 43.6 Å². The summed E-state index contributed by atoms with van der Waals surface area (Å²) in [6, 6.07) is 5.49. The molecule has 2 atom stereocenters. The van der Waals surface area contributed by atoms with Crippen molar-refractivity contribution in [2.45, 2.75) is 68.7 Å². The normalized spacial score (nSPS) is 16.9. The quantitative estimate of drug-likeness (QED) is 0.425. The van der Waals surface area contributed by atoms with Crippen molar-refractivity contribution in [1.82, 2.24) is 19.2 Å². The standard InChI is InChI=1S/C25H31FN4O6S2/c1-15-9-11-20(26)22(17(15)3)18(4)23(24-27-28-25(31)36-24)29-37(32,33)19-10-8-16(2)21(14-19)38(34,35)30-12-6-5-7-13-30/h8-11,14,18,23,29H,5-7,12-13H2,1-4H3,(H,28,31). The molecule has 206 valence electrons. The maximum atomic E-state index is 15.0. The zero-order valence-electron chi connectivity index (χ0n) is 21.6. The molecule has 2 aromatic carbocycles. The number of halogens is 1. The second-order valence-electron chi connectivity index (χ2n) is 9.63. The summed E-state index contributed by atoms with van der Waals surface area (Å²) < 4.78 is 77.7. The summed E-state index contributed by atoms with van der Waals surface area (Å²) in [5.41, 5.74) is 2.06. The molecule has 38 heavy (non-hydrogen) atoms. The first-order chi connectivity index (χ1) is 17.8. The van der Waals surface area contributed by atoms with E-state index in [9.17, 15) is 26.0 Å². The van der Waals surface area contributed by atoms with E-state index >= 15 is 0 Å². The summed E-state index contributed by atoms with van der Waals surface area (Å²) in [6.45, 7) is 7.46. The maximum Gasteiger partial charge on any atom is 0.434 e. The lowest BCUT2D eigenvalue weighted by molar-refractivity contribution is 0.346.